The largest absolute Gasteiger partial charge is 0.394 e. The topological polar surface area (TPSA) is 82.3 Å². The van der Waals surface area contributed by atoms with E-state index in [9.17, 15) is 10.2 Å². The van der Waals surface area contributed by atoms with E-state index in [-0.39, 0.29) is 12.0 Å². The molecule has 0 radical (unpaired) electrons. The SMILES string of the molecule is CCCCCC1=NC2C(O[C@H](CO)[C@@H](O)[C@@H]2O)S1. The molecule has 2 heterocycles. The van der Waals surface area contributed by atoms with E-state index in [1.165, 1.54) is 18.2 Å². The van der Waals surface area contributed by atoms with E-state index in [4.69, 9.17) is 9.84 Å². The standard InChI is InChI=1S/C12H21NO4S/c1-2-3-4-5-8-13-9-11(16)10(15)7(6-14)17-12(9)18-8/h7,9-12,14-16H,2-6H2,1H3/t7-,9?,10-,11-,12?/m1/s1. The number of fused-ring (bicyclic) bond motifs is 1. The fourth-order valence-corrected chi connectivity index (χ4v) is 3.55. The second-order valence-corrected chi connectivity index (χ2v) is 5.97. The van der Waals surface area contributed by atoms with E-state index in [0.29, 0.717) is 0 Å². The van der Waals surface area contributed by atoms with Gasteiger partial charge in [-0.2, -0.15) is 0 Å². The van der Waals surface area contributed by atoms with Crippen molar-refractivity contribution in [3.63, 3.8) is 0 Å². The van der Waals surface area contributed by atoms with E-state index in [1.54, 1.807) is 0 Å². The first-order valence-electron chi connectivity index (χ1n) is 6.53. The summed E-state index contributed by atoms with van der Waals surface area (Å²) in [5.74, 6) is 0. The van der Waals surface area contributed by atoms with Crippen LogP contribution in [0.4, 0.5) is 0 Å². The lowest BCUT2D eigenvalue weighted by Gasteiger charge is -2.37. The first-order chi connectivity index (χ1) is 8.67. The Morgan fingerprint density at radius 1 is 1.28 bits per heavy atom. The summed E-state index contributed by atoms with van der Waals surface area (Å²) in [5.41, 5.74) is -0.267. The zero-order chi connectivity index (χ0) is 13.1. The maximum atomic E-state index is 9.98. The normalized spacial score (nSPS) is 39.6. The van der Waals surface area contributed by atoms with E-state index in [2.05, 4.69) is 11.9 Å². The number of thioether (sulfide) groups is 1. The molecule has 3 N–H and O–H groups in total. The van der Waals surface area contributed by atoms with Gasteiger partial charge >= 0.3 is 0 Å². The van der Waals surface area contributed by atoms with Crippen LogP contribution in [0.15, 0.2) is 4.99 Å². The van der Waals surface area contributed by atoms with Crippen LogP contribution in [0.5, 0.6) is 0 Å². The minimum absolute atomic E-state index is 0.267. The second kappa shape index (κ2) is 6.34. The average Bonchev–Trinajstić information content (AvgIpc) is 2.77. The quantitative estimate of drug-likeness (QED) is 0.637. The summed E-state index contributed by atoms with van der Waals surface area (Å²) in [6, 6.07) is -0.399. The molecule has 1 saturated heterocycles. The van der Waals surface area contributed by atoms with Crippen LogP contribution in [0.2, 0.25) is 0 Å². The lowest BCUT2D eigenvalue weighted by molar-refractivity contribution is -0.164. The molecule has 0 aromatic carbocycles. The molecule has 0 aromatic heterocycles. The number of hydrogen-bond acceptors (Lipinski definition) is 6. The van der Waals surface area contributed by atoms with Crippen molar-refractivity contribution >= 4 is 16.8 Å². The number of aliphatic hydroxyl groups excluding tert-OH is 3. The zero-order valence-electron chi connectivity index (χ0n) is 10.5. The molecule has 0 bridgehead atoms. The second-order valence-electron chi connectivity index (χ2n) is 4.80. The highest BCUT2D eigenvalue weighted by Gasteiger charge is 2.47. The van der Waals surface area contributed by atoms with Crippen molar-refractivity contribution in [1.29, 1.82) is 0 Å². The van der Waals surface area contributed by atoms with Crippen LogP contribution in [0.25, 0.3) is 0 Å². The van der Waals surface area contributed by atoms with Gasteiger partial charge in [0.25, 0.3) is 0 Å². The smallest absolute Gasteiger partial charge is 0.134 e. The molecule has 0 spiro atoms. The molecule has 5 nitrogen and oxygen atoms in total. The first kappa shape index (κ1) is 14.3. The highest BCUT2D eigenvalue weighted by molar-refractivity contribution is 8.14. The average molecular weight is 275 g/mol. The number of unbranched alkanes of at least 4 members (excludes halogenated alkanes) is 2. The fraction of sp³-hybridized carbons (Fsp3) is 0.917. The lowest BCUT2D eigenvalue weighted by Crippen LogP contribution is -2.55. The van der Waals surface area contributed by atoms with Crippen LogP contribution in [-0.4, -0.2) is 56.8 Å². The van der Waals surface area contributed by atoms with Gasteiger partial charge in [-0.25, -0.2) is 0 Å². The number of aliphatic hydroxyl groups is 3. The summed E-state index contributed by atoms with van der Waals surface area (Å²) in [4.78, 5) is 4.45. The Morgan fingerprint density at radius 3 is 2.72 bits per heavy atom. The van der Waals surface area contributed by atoms with Crippen LogP contribution in [-0.2, 0) is 4.74 Å². The van der Waals surface area contributed by atoms with Gasteiger partial charge in [-0.3, -0.25) is 4.99 Å². The Labute approximate surface area is 111 Å². The van der Waals surface area contributed by atoms with Crippen LogP contribution >= 0.6 is 11.8 Å². The van der Waals surface area contributed by atoms with Gasteiger partial charge in [0.1, 0.15) is 29.8 Å². The molecule has 104 valence electrons. The Hall–Kier alpha value is -0.140. The minimum Gasteiger partial charge on any atom is -0.394 e. The Kier molecular flexibility index (Phi) is 5.03. The third kappa shape index (κ3) is 2.88. The number of nitrogens with zero attached hydrogens (tertiary/aromatic N) is 1. The summed E-state index contributed by atoms with van der Waals surface area (Å²) in [5, 5.41) is 29.8. The van der Waals surface area contributed by atoms with E-state index >= 15 is 0 Å². The van der Waals surface area contributed by atoms with Gasteiger partial charge in [0.05, 0.1) is 11.7 Å². The van der Waals surface area contributed by atoms with Crippen LogP contribution in [0.3, 0.4) is 0 Å². The van der Waals surface area contributed by atoms with Gasteiger partial charge < -0.3 is 20.1 Å². The molecule has 0 aliphatic carbocycles. The third-order valence-electron chi connectivity index (χ3n) is 3.39. The van der Waals surface area contributed by atoms with Gasteiger partial charge in [-0.1, -0.05) is 31.5 Å². The minimum atomic E-state index is -1.06. The molecule has 1 fully saturated rings. The molecule has 2 aliphatic rings. The summed E-state index contributed by atoms with van der Waals surface area (Å²) in [6.07, 6.45) is 1.60. The molecule has 6 heteroatoms. The molecule has 5 atom stereocenters. The first-order valence-corrected chi connectivity index (χ1v) is 7.41. The van der Waals surface area contributed by atoms with Crippen molar-refractivity contribution in [2.45, 2.75) is 62.4 Å². The maximum absolute atomic E-state index is 9.98. The Morgan fingerprint density at radius 2 is 2.06 bits per heavy atom. The van der Waals surface area contributed by atoms with E-state index in [0.717, 1.165) is 24.3 Å². The summed E-state index contributed by atoms with van der Waals surface area (Å²) in [7, 11) is 0. The molecule has 2 aliphatic heterocycles. The Bertz CT molecular complexity index is 312. The van der Waals surface area contributed by atoms with Crippen LogP contribution < -0.4 is 0 Å². The van der Waals surface area contributed by atoms with Crippen molar-refractivity contribution < 1.29 is 20.1 Å². The van der Waals surface area contributed by atoms with Gasteiger partial charge in [-0.15, -0.1) is 0 Å². The maximum Gasteiger partial charge on any atom is 0.134 e. The number of aliphatic imine (C=N–C) groups is 1. The predicted octanol–water partition coefficient (Wildman–Crippen LogP) is 0.520. The van der Waals surface area contributed by atoms with Crippen molar-refractivity contribution in [3.8, 4) is 0 Å². The van der Waals surface area contributed by atoms with Gasteiger partial charge in [0.2, 0.25) is 0 Å². The molecule has 0 saturated carbocycles. The van der Waals surface area contributed by atoms with Crippen molar-refractivity contribution in [1.82, 2.24) is 0 Å². The fourth-order valence-electron chi connectivity index (χ4n) is 2.28. The van der Waals surface area contributed by atoms with Crippen LogP contribution in [0.1, 0.15) is 32.6 Å². The highest BCUT2D eigenvalue weighted by atomic mass is 32.2. The molecule has 18 heavy (non-hydrogen) atoms. The van der Waals surface area contributed by atoms with Gasteiger partial charge in [-0.05, 0) is 12.8 Å². The molecular formula is C12H21NO4S. The molecule has 0 amide bonds. The molecule has 2 unspecified atom stereocenters. The highest BCUT2D eigenvalue weighted by Crippen LogP contribution is 2.37. The van der Waals surface area contributed by atoms with Crippen molar-refractivity contribution in [2.75, 3.05) is 6.61 Å². The van der Waals surface area contributed by atoms with Gasteiger partial charge in [0.15, 0.2) is 0 Å². The number of ether oxygens (including phenoxy) is 1. The predicted molar refractivity (Wildman–Crippen MR) is 70.7 cm³/mol. The number of hydrogen-bond donors (Lipinski definition) is 3. The van der Waals surface area contributed by atoms with E-state index in [1.807, 2.05) is 0 Å². The molecule has 2 rings (SSSR count). The third-order valence-corrected chi connectivity index (χ3v) is 4.59. The monoisotopic (exact) mass is 275 g/mol. The summed E-state index contributed by atoms with van der Waals surface area (Å²) >= 11 is 1.52. The Balaban J connectivity index is 1.95. The van der Waals surface area contributed by atoms with Crippen LogP contribution in [0, 0.1) is 0 Å². The van der Waals surface area contributed by atoms with E-state index < -0.39 is 24.4 Å². The summed E-state index contributed by atoms with van der Waals surface area (Å²) < 4.78 is 5.57. The lowest BCUT2D eigenvalue weighted by atomic mass is 9.99. The molecule has 0 aromatic rings. The van der Waals surface area contributed by atoms with Crippen molar-refractivity contribution in [2.24, 2.45) is 4.99 Å². The zero-order valence-corrected chi connectivity index (χ0v) is 11.3. The molecular weight excluding hydrogens is 254 g/mol. The van der Waals surface area contributed by atoms with Crippen molar-refractivity contribution in [3.05, 3.63) is 0 Å². The number of rotatable bonds is 5. The van der Waals surface area contributed by atoms with Gasteiger partial charge in [0, 0.05) is 0 Å². The summed E-state index contributed by atoms with van der Waals surface area (Å²) in [6.45, 7) is 1.87.